The number of hydrogen-bond acceptors (Lipinski definition) is 6. The Balaban J connectivity index is 1.54. The van der Waals surface area contributed by atoms with Crippen molar-refractivity contribution in [2.75, 3.05) is 32.1 Å². The maximum absolute atomic E-state index is 15.3. The second kappa shape index (κ2) is 9.38. The van der Waals surface area contributed by atoms with Crippen molar-refractivity contribution in [2.24, 2.45) is 0 Å². The summed E-state index contributed by atoms with van der Waals surface area (Å²) in [6.07, 6.45) is 2.74. The maximum Gasteiger partial charge on any atom is 0.409 e. The van der Waals surface area contributed by atoms with Gasteiger partial charge in [0.05, 0.1) is 49.6 Å². The molecule has 1 aromatic carbocycles. The van der Waals surface area contributed by atoms with Crippen molar-refractivity contribution in [1.29, 1.82) is 0 Å². The molecule has 1 aliphatic heterocycles. The lowest BCUT2D eigenvalue weighted by atomic mass is 10.0. The number of benzene rings is 1. The number of nitrogens with one attached hydrogen (secondary N) is 1. The van der Waals surface area contributed by atoms with Crippen molar-refractivity contribution in [2.45, 2.75) is 19.4 Å². The lowest BCUT2D eigenvalue weighted by Gasteiger charge is -2.32. The number of morpholine rings is 1. The summed E-state index contributed by atoms with van der Waals surface area (Å²) in [4.78, 5) is 18.1. The maximum atomic E-state index is 15.3. The van der Waals surface area contributed by atoms with E-state index in [0.29, 0.717) is 43.3 Å². The number of halogens is 2. The van der Waals surface area contributed by atoms with Crippen molar-refractivity contribution < 1.29 is 27.5 Å². The number of furan rings is 1. The molecule has 5 rings (SSSR count). The second-order valence-corrected chi connectivity index (χ2v) is 8.37. The van der Waals surface area contributed by atoms with Crippen LogP contribution >= 0.6 is 0 Å². The van der Waals surface area contributed by atoms with E-state index in [4.69, 9.17) is 13.9 Å². The average molecular weight is 482 g/mol. The van der Waals surface area contributed by atoms with Crippen LogP contribution in [-0.2, 0) is 15.9 Å². The highest BCUT2D eigenvalue weighted by molar-refractivity contribution is 5.71. The highest BCUT2D eigenvalue weighted by atomic mass is 19.1. The van der Waals surface area contributed by atoms with E-state index in [1.54, 1.807) is 21.4 Å². The number of hydrogen-bond donors (Lipinski definition) is 1. The summed E-state index contributed by atoms with van der Waals surface area (Å²) >= 11 is 0. The fourth-order valence-corrected chi connectivity index (χ4v) is 4.31. The molecule has 1 aliphatic rings. The molecule has 8 nitrogen and oxygen atoms in total. The van der Waals surface area contributed by atoms with Gasteiger partial charge in [0.2, 0.25) is 0 Å². The number of carbonyl (C=O) groups excluding carboxylic acids is 1. The van der Waals surface area contributed by atoms with Crippen molar-refractivity contribution >= 4 is 23.3 Å². The zero-order chi connectivity index (χ0) is 24.5. The Bertz CT molecular complexity index is 1350. The average Bonchev–Trinajstić information content (AvgIpc) is 3.46. The van der Waals surface area contributed by atoms with Crippen molar-refractivity contribution in [3.63, 3.8) is 0 Å². The topological polar surface area (TPSA) is 81.2 Å². The minimum atomic E-state index is -0.763. The fraction of sp³-hybridized carbons (Fsp3) is 0.280. The third kappa shape index (κ3) is 4.57. The molecule has 1 fully saturated rings. The molecule has 0 bridgehead atoms. The molecule has 1 atom stereocenters. The van der Waals surface area contributed by atoms with E-state index >= 15 is 8.78 Å². The molecule has 10 heteroatoms. The van der Waals surface area contributed by atoms with Gasteiger partial charge < -0.3 is 28.5 Å². The van der Waals surface area contributed by atoms with Crippen LogP contribution in [0.2, 0.25) is 0 Å². The Labute approximate surface area is 200 Å². The van der Waals surface area contributed by atoms with Gasteiger partial charge in [0, 0.05) is 30.9 Å². The molecule has 1 saturated heterocycles. The van der Waals surface area contributed by atoms with Gasteiger partial charge in [0.1, 0.15) is 17.3 Å². The van der Waals surface area contributed by atoms with Gasteiger partial charge in [-0.05, 0) is 42.8 Å². The van der Waals surface area contributed by atoms with Crippen LogP contribution in [0, 0.1) is 18.6 Å². The van der Waals surface area contributed by atoms with Gasteiger partial charge in [-0.3, -0.25) is 0 Å². The molecule has 0 spiro atoms. The number of anilines is 2. The third-order valence-corrected chi connectivity index (χ3v) is 5.94. The number of fused-ring (bicyclic) bond motifs is 1. The molecule has 1 N–H and O–H groups in total. The number of imidazole rings is 1. The Hall–Kier alpha value is -3.92. The predicted molar refractivity (Wildman–Crippen MR) is 125 cm³/mol. The zero-order valence-electron chi connectivity index (χ0n) is 19.3. The molecule has 1 amide bonds. The van der Waals surface area contributed by atoms with Crippen molar-refractivity contribution in [3.8, 4) is 11.3 Å². The molecule has 0 aliphatic carbocycles. The molecular weight excluding hydrogens is 458 g/mol. The first-order valence-corrected chi connectivity index (χ1v) is 11.1. The van der Waals surface area contributed by atoms with E-state index in [1.165, 1.54) is 25.5 Å². The van der Waals surface area contributed by atoms with Crippen molar-refractivity contribution in [1.82, 2.24) is 14.3 Å². The molecule has 4 aromatic rings. The summed E-state index contributed by atoms with van der Waals surface area (Å²) in [5, 5.41) is 2.84. The van der Waals surface area contributed by atoms with Crippen LogP contribution in [0.15, 0.2) is 53.3 Å². The number of aryl methyl sites for hydroxylation is 1. The van der Waals surface area contributed by atoms with Crippen LogP contribution < -0.4 is 5.32 Å². The number of amides is 1. The van der Waals surface area contributed by atoms with Gasteiger partial charge in [0.15, 0.2) is 5.88 Å². The van der Waals surface area contributed by atoms with Crippen LogP contribution in [0.25, 0.3) is 16.9 Å². The van der Waals surface area contributed by atoms with Crippen LogP contribution in [0.3, 0.4) is 0 Å². The number of aromatic nitrogens is 2. The Morgan fingerprint density at radius 1 is 1.26 bits per heavy atom. The number of nitrogens with zero attached hydrogens (tertiary/aromatic N) is 3. The van der Waals surface area contributed by atoms with Crippen LogP contribution in [0.1, 0.15) is 11.3 Å². The van der Waals surface area contributed by atoms with Gasteiger partial charge in [-0.15, -0.1) is 0 Å². The quantitative estimate of drug-likeness (QED) is 0.434. The lowest BCUT2D eigenvalue weighted by Crippen LogP contribution is -2.46. The van der Waals surface area contributed by atoms with E-state index in [1.807, 2.05) is 25.3 Å². The lowest BCUT2D eigenvalue weighted by molar-refractivity contribution is -0.0241. The van der Waals surface area contributed by atoms with Gasteiger partial charge >= 0.3 is 6.09 Å². The Morgan fingerprint density at radius 2 is 2.06 bits per heavy atom. The van der Waals surface area contributed by atoms with E-state index < -0.39 is 23.8 Å². The van der Waals surface area contributed by atoms with E-state index in [0.717, 1.165) is 5.56 Å². The summed E-state index contributed by atoms with van der Waals surface area (Å²) in [5.41, 5.74) is 2.28. The first kappa shape index (κ1) is 22.9. The first-order valence-electron chi connectivity index (χ1n) is 11.1. The van der Waals surface area contributed by atoms with Crippen molar-refractivity contribution in [3.05, 3.63) is 71.8 Å². The molecule has 0 radical (unpaired) electrons. The number of methoxy groups -OCH3 is 1. The van der Waals surface area contributed by atoms with E-state index in [-0.39, 0.29) is 16.9 Å². The largest absolute Gasteiger partial charge is 0.453 e. The minimum absolute atomic E-state index is 0.189. The fourth-order valence-electron chi connectivity index (χ4n) is 4.31. The summed E-state index contributed by atoms with van der Waals surface area (Å²) in [5.74, 6) is -1.16. The first-order chi connectivity index (χ1) is 16.9. The van der Waals surface area contributed by atoms with Crippen LogP contribution in [0.5, 0.6) is 0 Å². The molecule has 4 heterocycles. The third-order valence-electron chi connectivity index (χ3n) is 5.94. The highest BCUT2D eigenvalue weighted by Gasteiger charge is 2.29. The standard InChI is InChI=1S/C25H24F2N4O4/c1-15-5-6-31-20(13-17-14-30(7-9-34-17)25(32)33-2)24(29-21(31)10-15)23-18(26)11-16(12-19(23)27)28-22-4-3-8-35-22/h3-6,8,10-12,17,28H,7,9,13-14H2,1-2H3. The minimum Gasteiger partial charge on any atom is -0.453 e. The summed E-state index contributed by atoms with van der Waals surface area (Å²) in [7, 11) is 1.33. The molecule has 1 unspecified atom stereocenters. The van der Waals surface area contributed by atoms with Crippen LogP contribution in [-0.4, -0.2) is 53.3 Å². The van der Waals surface area contributed by atoms with Gasteiger partial charge in [-0.1, -0.05) is 0 Å². The van der Waals surface area contributed by atoms with Gasteiger partial charge in [-0.25, -0.2) is 18.6 Å². The molecular formula is C25H24F2N4O4. The van der Waals surface area contributed by atoms with E-state index in [9.17, 15) is 4.79 Å². The monoisotopic (exact) mass is 482 g/mol. The molecule has 182 valence electrons. The van der Waals surface area contributed by atoms with Gasteiger partial charge in [0.25, 0.3) is 0 Å². The number of ether oxygens (including phenoxy) is 2. The summed E-state index contributed by atoms with van der Waals surface area (Å²) in [6.45, 7) is 2.96. The number of pyridine rings is 1. The Morgan fingerprint density at radius 3 is 2.77 bits per heavy atom. The normalized spacial score (nSPS) is 16.0. The predicted octanol–water partition coefficient (Wildman–Crippen LogP) is 4.93. The van der Waals surface area contributed by atoms with E-state index in [2.05, 4.69) is 10.3 Å². The molecule has 3 aromatic heterocycles. The second-order valence-electron chi connectivity index (χ2n) is 8.37. The number of carbonyl (C=O) groups is 1. The van der Waals surface area contributed by atoms with Gasteiger partial charge in [-0.2, -0.15) is 0 Å². The van der Waals surface area contributed by atoms with Crippen LogP contribution in [0.4, 0.5) is 25.1 Å². The summed E-state index contributed by atoms with van der Waals surface area (Å²) < 4.78 is 48.4. The SMILES string of the molecule is COC(=O)N1CCOC(Cc2c(-c3c(F)cc(Nc4ccco4)cc3F)nc3cc(C)ccn23)C1. The highest BCUT2D eigenvalue weighted by Crippen LogP contribution is 2.33. The zero-order valence-corrected chi connectivity index (χ0v) is 19.3. The Kier molecular flexibility index (Phi) is 6.12. The smallest absolute Gasteiger partial charge is 0.409 e. The number of rotatable bonds is 5. The summed E-state index contributed by atoms with van der Waals surface area (Å²) in [6, 6.07) is 9.47. The molecule has 35 heavy (non-hydrogen) atoms. The molecule has 0 saturated carbocycles.